The third kappa shape index (κ3) is 1.52. The third-order valence-electron chi connectivity index (χ3n) is 3.70. The summed E-state index contributed by atoms with van der Waals surface area (Å²) in [7, 11) is 0. The molecule has 3 rings (SSSR count). The molecule has 2 unspecified atom stereocenters. The molecule has 0 aliphatic heterocycles. The van der Waals surface area contributed by atoms with Crippen molar-refractivity contribution in [1.82, 2.24) is 9.59 Å². The van der Waals surface area contributed by atoms with Gasteiger partial charge in [0.1, 0.15) is 0 Å². The molecule has 14 heavy (non-hydrogen) atoms. The summed E-state index contributed by atoms with van der Waals surface area (Å²) in [6.45, 7) is 0. The number of alkyl halides is 1. The molecule has 1 heterocycles. The fourth-order valence-corrected chi connectivity index (χ4v) is 4.06. The van der Waals surface area contributed by atoms with E-state index in [0.717, 1.165) is 23.6 Å². The molecule has 0 saturated heterocycles. The summed E-state index contributed by atoms with van der Waals surface area (Å²) in [6.07, 6.45) is 5.42. The second-order valence-corrected chi connectivity index (χ2v) is 6.04. The molecule has 2 aliphatic rings. The Labute approximate surface area is 96.4 Å². The van der Waals surface area contributed by atoms with Crippen LogP contribution in [0.2, 0.25) is 0 Å². The molecule has 0 spiro atoms. The molecule has 1 aromatic heterocycles. The molecule has 0 bridgehead atoms. The van der Waals surface area contributed by atoms with E-state index in [2.05, 4.69) is 30.9 Å². The number of hydrogen-bond acceptors (Lipinski definition) is 3. The first-order chi connectivity index (χ1) is 6.81. The van der Waals surface area contributed by atoms with Gasteiger partial charge in [0.25, 0.3) is 0 Å². The summed E-state index contributed by atoms with van der Waals surface area (Å²) in [5.74, 6) is 2.08. The molecule has 0 amide bonds. The number of aromatic nitrogens is 2. The highest BCUT2D eigenvalue weighted by atomic mass is 79.9. The number of fused-ring (bicyclic) bond motifs is 1. The number of nitrogens with zero attached hydrogens (tertiary/aromatic N) is 2. The molecule has 76 valence electrons. The summed E-state index contributed by atoms with van der Waals surface area (Å²) >= 11 is 5.15. The molecule has 0 radical (unpaired) electrons. The van der Waals surface area contributed by atoms with Crippen molar-refractivity contribution in [2.24, 2.45) is 17.3 Å². The van der Waals surface area contributed by atoms with E-state index in [9.17, 15) is 0 Å². The molecular weight excluding hydrogens is 260 g/mol. The van der Waals surface area contributed by atoms with E-state index in [-0.39, 0.29) is 0 Å². The Kier molecular flexibility index (Phi) is 2.17. The van der Waals surface area contributed by atoms with Gasteiger partial charge in [-0.15, -0.1) is 5.10 Å². The van der Waals surface area contributed by atoms with Crippen LogP contribution in [0.15, 0.2) is 5.38 Å². The molecule has 2 nitrogen and oxygen atoms in total. The van der Waals surface area contributed by atoms with E-state index in [0.29, 0.717) is 5.41 Å². The maximum Gasteiger partial charge on any atom is 0.0761 e. The van der Waals surface area contributed by atoms with Crippen molar-refractivity contribution >= 4 is 27.5 Å². The maximum atomic E-state index is 4.16. The van der Waals surface area contributed by atoms with Gasteiger partial charge in [0.15, 0.2) is 0 Å². The van der Waals surface area contributed by atoms with Gasteiger partial charge in [-0.1, -0.05) is 20.4 Å². The van der Waals surface area contributed by atoms with Crippen LogP contribution in [0, 0.1) is 17.3 Å². The average Bonchev–Trinajstić information content (AvgIpc) is 2.68. The minimum absolute atomic E-state index is 0.503. The smallest absolute Gasteiger partial charge is 0.0761 e. The SMILES string of the molecule is BrCC1(Cc2csnn2)CC2CC2C1. The Balaban J connectivity index is 1.75. The lowest BCUT2D eigenvalue weighted by Crippen LogP contribution is -2.23. The quantitative estimate of drug-likeness (QED) is 0.791. The van der Waals surface area contributed by atoms with Crippen LogP contribution in [-0.2, 0) is 6.42 Å². The second-order valence-electron chi connectivity index (χ2n) is 4.87. The minimum Gasteiger partial charge on any atom is -0.143 e. The van der Waals surface area contributed by atoms with Gasteiger partial charge in [-0.2, -0.15) is 0 Å². The summed E-state index contributed by atoms with van der Waals surface area (Å²) in [5, 5.41) is 7.38. The largest absolute Gasteiger partial charge is 0.143 e. The van der Waals surface area contributed by atoms with Gasteiger partial charge in [0.2, 0.25) is 0 Å². The Morgan fingerprint density at radius 3 is 2.86 bits per heavy atom. The fraction of sp³-hybridized carbons (Fsp3) is 0.800. The van der Waals surface area contributed by atoms with E-state index in [1.54, 1.807) is 0 Å². The van der Waals surface area contributed by atoms with Crippen molar-refractivity contribution in [3.8, 4) is 0 Å². The van der Waals surface area contributed by atoms with Crippen LogP contribution in [0.5, 0.6) is 0 Å². The highest BCUT2D eigenvalue weighted by Crippen LogP contribution is 2.61. The Morgan fingerprint density at radius 2 is 2.29 bits per heavy atom. The molecule has 2 atom stereocenters. The van der Waals surface area contributed by atoms with Crippen LogP contribution in [0.3, 0.4) is 0 Å². The minimum atomic E-state index is 0.503. The molecule has 2 saturated carbocycles. The van der Waals surface area contributed by atoms with Crippen LogP contribution in [0.4, 0.5) is 0 Å². The fourth-order valence-electron chi connectivity index (χ4n) is 2.95. The van der Waals surface area contributed by atoms with Crippen LogP contribution < -0.4 is 0 Å². The van der Waals surface area contributed by atoms with Crippen LogP contribution >= 0.6 is 27.5 Å². The van der Waals surface area contributed by atoms with Crippen molar-refractivity contribution in [3.63, 3.8) is 0 Å². The predicted octanol–water partition coefficient (Wildman–Crippen LogP) is 2.89. The number of halogens is 1. The first-order valence-electron chi connectivity index (χ1n) is 5.13. The lowest BCUT2D eigenvalue weighted by atomic mass is 9.81. The van der Waals surface area contributed by atoms with Gasteiger partial charge in [0, 0.05) is 10.7 Å². The summed E-state index contributed by atoms with van der Waals surface area (Å²) in [6, 6.07) is 0. The van der Waals surface area contributed by atoms with Gasteiger partial charge in [-0.25, -0.2) is 0 Å². The second kappa shape index (κ2) is 3.27. The van der Waals surface area contributed by atoms with Crippen LogP contribution in [0.1, 0.15) is 25.0 Å². The first-order valence-corrected chi connectivity index (χ1v) is 7.09. The van der Waals surface area contributed by atoms with Crippen molar-refractivity contribution < 1.29 is 0 Å². The third-order valence-corrected chi connectivity index (χ3v) is 5.45. The normalized spacial score (nSPS) is 39.8. The van der Waals surface area contributed by atoms with Gasteiger partial charge < -0.3 is 0 Å². The van der Waals surface area contributed by atoms with Gasteiger partial charge >= 0.3 is 0 Å². The average molecular weight is 273 g/mol. The standard InChI is InChI=1S/C10H13BrN2S/c11-6-10(2-7-1-8(7)3-10)4-9-5-14-13-12-9/h5,7-8H,1-4,6H2. The topological polar surface area (TPSA) is 25.8 Å². The predicted molar refractivity (Wildman–Crippen MR) is 60.7 cm³/mol. The summed E-state index contributed by atoms with van der Waals surface area (Å²) in [5.41, 5.74) is 1.69. The molecule has 0 N–H and O–H groups in total. The van der Waals surface area contributed by atoms with Crippen molar-refractivity contribution in [1.29, 1.82) is 0 Å². The highest BCUT2D eigenvalue weighted by Gasteiger charge is 2.53. The molecule has 1 aromatic rings. The number of hydrogen-bond donors (Lipinski definition) is 0. The van der Waals surface area contributed by atoms with Gasteiger partial charge in [-0.05, 0) is 54.5 Å². The lowest BCUT2D eigenvalue weighted by Gasteiger charge is -2.27. The van der Waals surface area contributed by atoms with Crippen LogP contribution in [-0.4, -0.2) is 14.9 Å². The van der Waals surface area contributed by atoms with E-state index < -0.39 is 0 Å². The summed E-state index contributed by atoms with van der Waals surface area (Å²) in [4.78, 5) is 0. The van der Waals surface area contributed by atoms with Crippen molar-refractivity contribution in [3.05, 3.63) is 11.1 Å². The maximum absolute atomic E-state index is 4.16. The Hall–Kier alpha value is 0.0400. The monoisotopic (exact) mass is 272 g/mol. The van der Waals surface area contributed by atoms with E-state index in [4.69, 9.17) is 0 Å². The highest BCUT2D eigenvalue weighted by molar-refractivity contribution is 9.09. The molecule has 2 fully saturated rings. The van der Waals surface area contributed by atoms with Crippen molar-refractivity contribution in [2.45, 2.75) is 25.7 Å². The van der Waals surface area contributed by atoms with E-state index >= 15 is 0 Å². The first kappa shape index (κ1) is 9.28. The lowest BCUT2D eigenvalue weighted by molar-refractivity contribution is 0.305. The zero-order valence-electron chi connectivity index (χ0n) is 7.95. The van der Waals surface area contributed by atoms with Crippen LogP contribution in [0.25, 0.3) is 0 Å². The Morgan fingerprint density at radius 1 is 1.50 bits per heavy atom. The molecule has 2 aliphatic carbocycles. The molecule has 4 heteroatoms. The molecular formula is C10H13BrN2S. The molecule has 0 aromatic carbocycles. The zero-order valence-corrected chi connectivity index (χ0v) is 10.4. The van der Waals surface area contributed by atoms with E-state index in [1.807, 2.05) is 0 Å². The van der Waals surface area contributed by atoms with Gasteiger partial charge in [-0.3, -0.25) is 0 Å². The van der Waals surface area contributed by atoms with E-state index in [1.165, 1.54) is 36.5 Å². The van der Waals surface area contributed by atoms with Crippen molar-refractivity contribution in [2.75, 3.05) is 5.33 Å². The Bertz CT molecular complexity index is 315. The number of rotatable bonds is 3. The van der Waals surface area contributed by atoms with Gasteiger partial charge in [0.05, 0.1) is 5.69 Å². The summed E-state index contributed by atoms with van der Waals surface area (Å²) < 4.78 is 3.94. The zero-order chi connectivity index (χ0) is 9.60.